The maximum Gasteiger partial charge on any atom is 0.248 e. The first kappa shape index (κ1) is 15.9. The molecule has 1 aromatic rings. The van der Waals surface area contributed by atoms with Crippen molar-refractivity contribution in [3.63, 3.8) is 0 Å². The van der Waals surface area contributed by atoms with Gasteiger partial charge in [0.05, 0.1) is 6.61 Å². The lowest BCUT2D eigenvalue weighted by atomic mass is 10.1. The van der Waals surface area contributed by atoms with E-state index in [4.69, 9.17) is 10.8 Å². The van der Waals surface area contributed by atoms with Crippen molar-refractivity contribution in [2.75, 3.05) is 19.7 Å². The molecule has 0 radical (unpaired) electrons. The second-order valence-corrected chi connectivity index (χ2v) is 4.37. The fraction of sp³-hybridized carbons (Fsp3) is 0.333. The maximum absolute atomic E-state index is 11.9. The predicted molar refractivity (Wildman–Crippen MR) is 78.0 cm³/mol. The smallest absolute Gasteiger partial charge is 0.248 e. The summed E-state index contributed by atoms with van der Waals surface area (Å²) < 4.78 is 0. The number of aliphatic hydroxyl groups excluding tert-OH is 1. The standard InChI is InChI=1S/C15H20N2O3/c1-2-9-17(10-11-18)14(19)8-5-12-3-6-13(7-4-12)15(16)20/h3-8,18H,2,9-11H2,1H3,(H2,16,20). The zero-order valence-corrected chi connectivity index (χ0v) is 11.6. The fourth-order valence-electron chi connectivity index (χ4n) is 1.75. The first-order chi connectivity index (χ1) is 9.58. The molecule has 0 saturated carbocycles. The van der Waals surface area contributed by atoms with Crippen LogP contribution in [0.5, 0.6) is 0 Å². The van der Waals surface area contributed by atoms with E-state index in [1.54, 1.807) is 35.2 Å². The summed E-state index contributed by atoms with van der Waals surface area (Å²) in [5.74, 6) is -0.617. The second kappa shape index (κ2) is 8.12. The van der Waals surface area contributed by atoms with E-state index in [0.717, 1.165) is 12.0 Å². The number of primary amides is 1. The van der Waals surface area contributed by atoms with Crippen molar-refractivity contribution in [2.45, 2.75) is 13.3 Å². The Labute approximate surface area is 118 Å². The van der Waals surface area contributed by atoms with Gasteiger partial charge in [-0.2, -0.15) is 0 Å². The molecule has 0 aromatic heterocycles. The number of hydrogen-bond donors (Lipinski definition) is 2. The number of nitrogens with zero attached hydrogens (tertiary/aromatic N) is 1. The van der Waals surface area contributed by atoms with Gasteiger partial charge in [0.25, 0.3) is 0 Å². The number of carbonyl (C=O) groups is 2. The van der Waals surface area contributed by atoms with Gasteiger partial charge in [-0.3, -0.25) is 9.59 Å². The van der Waals surface area contributed by atoms with E-state index in [-0.39, 0.29) is 12.5 Å². The SMILES string of the molecule is CCCN(CCO)C(=O)C=Cc1ccc(C(N)=O)cc1. The molecule has 5 nitrogen and oxygen atoms in total. The van der Waals surface area contributed by atoms with Gasteiger partial charge in [0.2, 0.25) is 11.8 Å². The van der Waals surface area contributed by atoms with E-state index >= 15 is 0 Å². The quantitative estimate of drug-likeness (QED) is 0.730. The van der Waals surface area contributed by atoms with Crippen molar-refractivity contribution >= 4 is 17.9 Å². The molecule has 0 atom stereocenters. The summed E-state index contributed by atoms with van der Waals surface area (Å²) in [6.07, 6.45) is 3.98. The Morgan fingerprint density at radius 3 is 2.40 bits per heavy atom. The van der Waals surface area contributed by atoms with Crippen molar-refractivity contribution in [3.05, 3.63) is 41.5 Å². The Balaban J connectivity index is 2.70. The van der Waals surface area contributed by atoms with Crippen molar-refractivity contribution < 1.29 is 14.7 Å². The molecule has 0 aliphatic rings. The Morgan fingerprint density at radius 1 is 1.25 bits per heavy atom. The molecule has 5 heteroatoms. The summed E-state index contributed by atoms with van der Waals surface area (Å²) in [7, 11) is 0. The van der Waals surface area contributed by atoms with Crippen LogP contribution in [0.1, 0.15) is 29.3 Å². The number of benzene rings is 1. The van der Waals surface area contributed by atoms with Gasteiger partial charge in [0.1, 0.15) is 0 Å². The molecule has 0 unspecified atom stereocenters. The highest BCUT2D eigenvalue weighted by Gasteiger charge is 2.08. The third kappa shape index (κ3) is 4.85. The molecule has 1 aromatic carbocycles. The van der Waals surface area contributed by atoms with Gasteiger partial charge in [-0.1, -0.05) is 19.1 Å². The van der Waals surface area contributed by atoms with Crippen molar-refractivity contribution in [2.24, 2.45) is 5.73 Å². The number of rotatable bonds is 7. The van der Waals surface area contributed by atoms with Gasteiger partial charge < -0.3 is 15.7 Å². The van der Waals surface area contributed by atoms with Crippen LogP contribution in [0.25, 0.3) is 6.08 Å². The first-order valence-corrected chi connectivity index (χ1v) is 6.56. The van der Waals surface area contributed by atoms with Crippen LogP contribution < -0.4 is 5.73 Å². The van der Waals surface area contributed by atoms with Crippen LogP contribution in [0.4, 0.5) is 0 Å². The molecule has 0 bridgehead atoms. The number of amides is 2. The molecular weight excluding hydrogens is 256 g/mol. The third-order valence-corrected chi connectivity index (χ3v) is 2.79. The predicted octanol–water partition coefficient (Wildman–Crippen LogP) is 1.03. The minimum atomic E-state index is -0.478. The van der Waals surface area contributed by atoms with E-state index in [2.05, 4.69) is 0 Å². The van der Waals surface area contributed by atoms with E-state index in [9.17, 15) is 9.59 Å². The zero-order chi connectivity index (χ0) is 15.0. The molecule has 0 spiro atoms. The lowest BCUT2D eigenvalue weighted by Gasteiger charge is -2.18. The first-order valence-electron chi connectivity index (χ1n) is 6.56. The van der Waals surface area contributed by atoms with Gasteiger partial charge >= 0.3 is 0 Å². The molecule has 0 aliphatic carbocycles. The summed E-state index contributed by atoms with van der Waals surface area (Å²) in [5.41, 5.74) is 6.39. The van der Waals surface area contributed by atoms with Gasteiger partial charge in [0, 0.05) is 24.7 Å². The Bertz CT molecular complexity index is 474. The monoisotopic (exact) mass is 276 g/mol. The summed E-state index contributed by atoms with van der Waals surface area (Å²) in [4.78, 5) is 24.4. The van der Waals surface area contributed by atoms with Gasteiger partial charge in [-0.15, -0.1) is 0 Å². The normalized spacial score (nSPS) is 10.7. The molecule has 0 fully saturated rings. The highest BCUT2D eigenvalue weighted by atomic mass is 16.3. The average Bonchev–Trinajstić information content (AvgIpc) is 2.45. The number of carbonyl (C=O) groups excluding carboxylic acids is 2. The van der Waals surface area contributed by atoms with Crippen molar-refractivity contribution in [1.29, 1.82) is 0 Å². The van der Waals surface area contributed by atoms with Crippen LogP contribution in [-0.4, -0.2) is 41.5 Å². The molecule has 0 heterocycles. The molecule has 1 rings (SSSR count). The van der Waals surface area contributed by atoms with E-state index in [1.165, 1.54) is 6.08 Å². The molecule has 108 valence electrons. The second-order valence-electron chi connectivity index (χ2n) is 4.37. The molecule has 0 aliphatic heterocycles. The summed E-state index contributed by atoms with van der Waals surface area (Å²) >= 11 is 0. The lowest BCUT2D eigenvalue weighted by molar-refractivity contribution is -0.126. The van der Waals surface area contributed by atoms with Crippen molar-refractivity contribution in [1.82, 2.24) is 4.90 Å². The summed E-state index contributed by atoms with van der Waals surface area (Å²) in [6, 6.07) is 6.67. The maximum atomic E-state index is 11.9. The Hall–Kier alpha value is -2.14. The molecular formula is C15H20N2O3. The minimum absolute atomic E-state index is 0.0487. The lowest BCUT2D eigenvalue weighted by Crippen LogP contribution is -2.32. The van der Waals surface area contributed by atoms with Crippen LogP contribution >= 0.6 is 0 Å². The van der Waals surface area contributed by atoms with Gasteiger partial charge in [0.15, 0.2) is 0 Å². The Kier molecular flexibility index (Phi) is 6.46. The molecule has 0 saturated heterocycles. The van der Waals surface area contributed by atoms with Crippen LogP contribution in [0.2, 0.25) is 0 Å². The minimum Gasteiger partial charge on any atom is -0.395 e. The fourth-order valence-corrected chi connectivity index (χ4v) is 1.75. The molecule has 3 N–H and O–H groups in total. The highest BCUT2D eigenvalue weighted by molar-refractivity contribution is 5.94. The van der Waals surface area contributed by atoms with E-state index in [1.807, 2.05) is 6.92 Å². The van der Waals surface area contributed by atoms with E-state index < -0.39 is 5.91 Å². The van der Waals surface area contributed by atoms with Gasteiger partial charge in [-0.25, -0.2) is 0 Å². The van der Waals surface area contributed by atoms with Crippen LogP contribution in [-0.2, 0) is 4.79 Å². The summed E-state index contributed by atoms with van der Waals surface area (Å²) in [6.45, 7) is 2.87. The molecule has 2 amide bonds. The Morgan fingerprint density at radius 2 is 1.90 bits per heavy atom. The topological polar surface area (TPSA) is 83.6 Å². The van der Waals surface area contributed by atoms with Crippen LogP contribution in [0, 0.1) is 0 Å². The number of aliphatic hydroxyl groups is 1. The van der Waals surface area contributed by atoms with Crippen LogP contribution in [0.15, 0.2) is 30.3 Å². The van der Waals surface area contributed by atoms with Crippen molar-refractivity contribution in [3.8, 4) is 0 Å². The summed E-state index contributed by atoms with van der Waals surface area (Å²) in [5, 5.41) is 8.92. The van der Waals surface area contributed by atoms with Gasteiger partial charge in [-0.05, 0) is 30.2 Å². The average molecular weight is 276 g/mol. The highest BCUT2D eigenvalue weighted by Crippen LogP contribution is 2.06. The van der Waals surface area contributed by atoms with Crippen LogP contribution in [0.3, 0.4) is 0 Å². The largest absolute Gasteiger partial charge is 0.395 e. The van der Waals surface area contributed by atoms with E-state index in [0.29, 0.717) is 18.7 Å². The number of hydrogen-bond acceptors (Lipinski definition) is 3. The number of nitrogens with two attached hydrogens (primary N) is 1. The zero-order valence-electron chi connectivity index (χ0n) is 11.6. The third-order valence-electron chi connectivity index (χ3n) is 2.79. The molecule has 20 heavy (non-hydrogen) atoms.